The number of ether oxygens (including phenoxy) is 2. The SMILES string of the molecule is CCCn1ccnc1CNC(=O)[C@@H]1COc2cc(OC)ccc2C1. The van der Waals surface area contributed by atoms with E-state index >= 15 is 0 Å². The first-order chi connectivity index (χ1) is 11.7. The summed E-state index contributed by atoms with van der Waals surface area (Å²) in [6.45, 7) is 3.86. The van der Waals surface area contributed by atoms with E-state index in [0.717, 1.165) is 35.9 Å². The second-order valence-corrected chi connectivity index (χ2v) is 5.94. The number of rotatable bonds is 6. The molecule has 1 aromatic carbocycles. The summed E-state index contributed by atoms with van der Waals surface area (Å²) in [4.78, 5) is 16.8. The first kappa shape index (κ1) is 16.4. The zero-order valence-electron chi connectivity index (χ0n) is 14.1. The van der Waals surface area contributed by atoms with Crippen molar-refractivity contribution in [1.29, 1.82) is 0 Å². The van der Waals surface area contributed by atoms with E-state index in [1.807, 2.05) is 24.4 Å². The van der Waals surface area contributed by atoms with Crippen LogP contribution in [0.25, 0.3) is 0 Å². The van der Waals surface area contributed by atoms with Crippen LogP contribution in [0.3, 0.4) is 0 Å². The average molecular weight is 329 g/mol. The Bertz CT molecular complexity index is 711. The molecule has 1 N–H and O–H groups in total. The molecule has 128 valence electrons. The number of carbonyl (C=O) groups is 1. The minimum atomic E-state index is -0.180. The van der Waals surface area contributed by atoms with Crippen molar-refractivity contribution >= 4 is 5.91 Å². The number of amides is 1. The van der Waals surface area contributed by atoms with E-state index in [1.54, 1.807) is 13.3 Å². The van der Waals surface area contributed by atoms with Gasteiger partial charge in [-0.05, 0) is 24.5 Å². The largest absolute Gasteiger partial charge is 0.497 e. The summed E-state index contributed by atoms with van der Waals surface area (Å²) < 4.78 is 13.0. The first-order valence-electron chi connectivity index (χ1n) is 8.28. The highest BCUT2D eigenvalue weighted by Gasteiger charge is 2.26. The predicted molar refractivity (Wildman–Crippen MR) is 90.0 cm³/mol. The molecule has 0 spiro atoms. The highest BCUT2D eigenvalue weighted by Crippen LogP contribution is 2.31. The number of imidazole rings is 1. The number of fused-ring (bicyclic) bond motifs is 1. The van der Waals surface area contributed by atoms with Gasteiger partial charge in [-0.2, -0.15) is 0 Å². The lowest BCUT2D eigenvalue weighted by Gasteiger charge is -2.25. The van der Waals surface area contributed by atoms with Gasteiger partial charge in [-0.1, -0.05) is 13.0 Å². The Morgan fingerprint density at radius 1 is 1.50 bits per heavy atom. The van der Waals surface area contributed by atoms with Crippen molar-refractivity contribution in [3.05, 3.63) is 42.0 Å². The number of carbonyl (C=O) groups excluding carboxylic acids is 1. The fourth-order valence-corrected chi connectivity index (χ4v) is 2.91. The van der Waals surface area contributed by atoms with Gasteiger partial charge in [-0.3, -0.25) is 4.79 Å². The molecule has 3 rings (SSSR count). The molecule has 6 nitrogen and oxygen atoms in total. The Morgan fingerprint density at radius 2 is 2.38 bits per heavy atom. The lowest BCUT2D eigenvalue weighted by atomic mass is 9.96. The fraction of sp³-hybridized carbons (Fsp3) is 0.444. The lowest BCUT2D eigenvalue weighted by molar-refractivity contribution is -0.126. The van der Waals surface area contributed by atoms with Crippen LogP contribution in [-0.2, 0) is 24.3 Å². The Balaban J connectivity index is 1.59. The fourth-order valence-electron chi connectivity index (χ4n) is 2.91. The van der Waals surface area contributed by atoms with Crippen molar-refractivity contribution in [2.24, 2.45) is 5.92 Å². The van der Waals surface area contributed by atoms with Crippen molar-refractivity contribution in [2.75, 3.05) is 13.7 Å². The van der Waals surface area contributed by atoms with E-state index in [-0.39, 0.29) is 11.8 Å². The standard InChI is InChI=1S/C18H23N3O3/c1-3-7-21-8-6-19-17(21)11-20-18(22)14-9-13-4-5-15(23-2)10-16(13)24-12-14/h4-6,8,10,14H,3,7,9,11-12H2,1-2H3,(H,20,22)/t14-/m0/s1. The molecule has 1 atom stereocenters. The molecule has 0 saturated heterocycles. The molecule has 6 heteroatoms. The van der Waals surface area contributed by atoms with Crippen molar-refractivity contribution < 1.29 is 14.3 Å². The highest BCUT2D eigenvalue weighted by molar-refractivity contribution is 5.79. The van der Waals surface area contributed by atoms with Crippen molar-refractivity contribution in [3.63, 3.8) is 0 Å². The molecule has 0 saturated carbocycles. The van der Waals surface area contributed by atoms with Crippen LogP contribution in [0.5, 0.6) is 11.5 Å². The van der Waals surface area contributed by atoms with Crippen LogP contribution in [0.2, 0.25) is 0 Å². The molecule has 2 heterocycles. The zero-order chi connectivity index (χ0) is 16.9. The Kier molecular flexibility index (Phi) is 5.03. The zero-order valence-corrected chi connectivity index (χ0v) is 14.1. The maximum absolute atomic E-state index is 12.4. The summed E-state index contributed by atoms with van der Waals surface area (Å²) in [5.41, 5.74) is 1.04. The smallest absolute Gasteiger partial charge is 0.227 e. The second kappa shape index (κ2) is 7.38. The number of aryl methyl sites for hydroxylation is 1. The summed E-state index contributed by atoms with van der Waals surface area (Å²) in [5.74, 6) is 2.27. The number of methoxy groups -OCH3 is 1. The third kappa shape index (κ3) is 3.53. The highest BCUT2D eigenvalue weighted by atomic mass is 16.5. The molecule has 1 amide bonds. The third-order valence-electron chi connectivity index (χ3n) is 4.24. The van der Waals surface area contributed by atoms with Crippen LogP contribution in [0.1, 0.15) is 24.7 Å². The third-order valence-corrected chi connectivity index (χ3v) is 4.24. The van der Waals surface area contributed by atoms with Gasteiger partial charge in [0, 0.05) is 25.0 Å². The number of benzene rings is 1. The minimum absolute atomic E-state index is 0.00233. The van der Waals surface area contributed by atoms with Gasteiger partial charge < -0.3 is 19.4 Å². The quantitative estimate of drug-likeness (QED) is 0.882. The topological polar surface area (TPSA) is 65.4 Å². The van der Waals surface area contributed by atoms with Gasteiger partial charge in [0.25, 0.3) is 0 Å². The number of aromatic nitrogens is 2. The molecule has 1 aromatic heterocycles. The van der Waals surface area contributed by atoms with Gasteiger partial charge >= 0.3 is 0 Å². The molecule has 0 bridgehead atoms. The summed E-state index contributed by atoms with van der Waals surface area (Å²) in [6, 6.07) is 5.72. The molecule has 2 aromatic rings. The van der Waals surface area contributed by atoms with Crippen LogP contribution < -0.4 is 14.8 Å². The first-order valence-corrected chi connectivity index (χ1v) is 8.28. The maximum atomic E-state index is 12.4. The minimum Gasteiger partial charge on any atom is -0.497 e. The monoisotopic (exact) mass is 329 g/mol. The molecule has 1 aliphatic rings. The van der Waals surface area contributed by atoms with Crippen molar-refractivity contribution in [3.8, 4) is 11.5 Å². The van der Waals surface area contributed by atoms with Crippen LogP contribution in [0.4, 0.5) is 0 Å². The van der Waals surface area contributed by atoms with E-state index in [2.05, 4.69) is 21.8 Å². The number of nitrogens with zero attached hydrogens (tertiary/aromatic N) is 2. The predicted octanol–water partition coefficient (Wildman–Crippen LogP) is 2.17. The van der Waals surface area contributed by atoms with E-state index in [9.17, 15) is 4.79 Å². The van der Waals surface area contributed by atoms with Crippen LogP contribution in [-0.4, -0.2) is 29.2 Å². The lowest BCUT2D eigenvalue weighted by Crippen LogP contribution is -2.37. The molecule has 0 radical (unpaired) electrons. The molecule has 0 unspecified atom stereocenters. The second-order valence-electron chi connectivity index (χ2n) is 5.94. The molecule has 0 aliphatic carbocycles. The Hall–Kier alpha value is -2.50. The number of hydrogen-bond donors (Lipinski definition) is 1. The van der Waals surface area contributed by atoms with Crippen LogP contribution >= 0.6 is 0 Å². The van der Waals surface area contributed by atoms with Gasteiger partial charge in [0.2, 0.25) is 5.91 Å². The van der Waals surface area contributed by atoms with Gasteiger partial charge in [-0.15, -0.1) is 0 Å². The van der Waals surface area contributed by atoms with E-state index in [0.29, 0.717) is 19.6 Å². The number of hydrogen-bond acceptors (Lipinski definition) is 4. The van der Waals surface area contributed by atoms with Crippen LogP contribution in [0, 0.1) is 5.92 Å². The van der Waals surface area contributed by atoms with Gasteiger partial charge in [-0.25, -0.2) is 4.98 Å². The molecule has 24 heavy (non-hydrogen) atoms. The Morgan fingerprint density at radius 3 is 3.17 bits per heavy atom. The summed E-state index contributed by atoms with van der Waals surface area (Å²) in [5, 5.41) is 2.98. The van der Waals surface area contributed by atoms with Crippen LogP contribution in [0.15, 0.2) is 30.6 Å². The maximum Gasteiger partial charge on any atom is 0.227 e. The van der Waals surface area contributed by atoms with E-state index in [1.165, 1.54) is 0 Å². The van der Waals surface area contributed by atoms with Crippen molar-refractivity contribution in [2.45, 2.75) is 32.9 Å². The van der Waals surface area contributed by atoms with E-state index in [4.69, 9.17) is 9.47 Å². The summed E-state index contributed by atoms with van der Waals surface area (Å²) in [7, 11) is 1.63. The summed E-state index contributed by atoms with van der Waals surface area (Å²) >= 11 is 0. The van der Waals surface area contributed by atoms with Crippen molar-refractivity contribution in [1.82, 2.24) is 14.9 Å². The average Bonchev–Trinajstić information content (AvgIpc) is 3.06. The normalized spacial score (nSPS) is 16.2. The number of nitrogens with one attached hydrogen (secondary N) is 1. The van der Waals surface area contributed by atoms with E-state index < -0.39 is 0 Å². The molecular weight excluding hydrogens is 306 g/mol. The molecule has 0 fully saturated rings. The van der Waals surface area contributed by atoms with Gasteiger partial charge in [0.15, 0.2) is 0 Å². The van der Waals surface area contributed by atoms with Gasteiger partial charge in [0.1, 0.15) is 23.9 Å². The van der Waals surface area contributed by atoms with Gasteiger partial charge in [0.05, 0.1) is 19.6 Å². The molecular formula is C18H23N3O3. The summed E-state index contributed by atoms with van der Waals surface area (Å²) in [6.07, 6.45) is 5.42. The Labute approximate surface area is 141 Å². The molecule has 1 aliphatic heterocycles.